The number of hydrogen-bond donors (Lipinski definition) is 2. The van der Waals surface area contributed by atoms with Crippen LogP contribution in [0.2, 0.25) is 0 Å². The first-order valence-corrected chi connectivity index (χ1v) is 14.7. The van der Waals surface area contributed by atoms with Gasteiger partial charge < -0.3 is 15.2 Å². The van der Waals surface area contributed by atoms with Crippen molar-refractivity contribution in [2.24, 2.45) is 50.2 Å². The Morgan fingerprint density at radius 2 is 1.66 bits per heavy atom. The molecule has 0 aromatic heterocycles. The number of esters is 1. The van der Waals surface area contributed by atoms with Crippen LogP contribution in [-0.2, 0) is 14.3 Å². The quantitative estimate of drug-likeness (QED) is 0.291. The van der Waals surface area contributed by atoms with Gasteiger partial charge >= 0.3 is 5.97 Å². The third-order valence-corrected chi connectivity index (χ3v) is 13.3. The lowest BCUT2D eigenvalue weighted by atomic mass is 9.36. The molecule has 6 heteroatoms. The fourth-order valence-electron chi connectivity index (χ4n) is 10.9. The molecule has 0 aromatic rings. The molecule has 1 aliphatic heterocycles. The third-order valence-electron chi connectivity index (χ3n) is 13.3. The molecule has 3 saturated carbocycles. The largest absolute Gasteiger partial charge is 0.523 e. The van der Waals surface area contributed by atoms with E-state index in [2.05, 4.69) is 58.6 Å². The lowest BCUT2D eigenvalue weighted by molar-refractivity contribution is -0.199. The number of rotatable bonds is 1. The molecule has 0 bridgehead atoms. The highest BCUT2D eigenvalue weighted by Gasteiger charge is 2.71. The molecule has 8 atom stereocenters. The molecule has 210 valence electrons. The summed E-state index contributed by atoms with van der Waals surface area (Å²) >= 11 is 0. The maximum Gasteiger partial charge on any atom is 0.312 e. The van der Waals surface area contributed by atoms with Gasteiger partial charge in [-0.25, -0.2) is 4.85 Å². The van der Waals surface area contributed by atoms with Crippen molar-refractivity contribution in [3.05, 3.63) is 22.9 Å². The summed E-state index contributed by atoms with van der Waals surface area (Å²) in [6.07, 6.45) is 7.25. The highest BCUT2D eigenvalue weighted by Crippen LogP contribution is 2.73. The van der Waals surface area contributed by atoms with Crippen molar-refractivity contribution < 1.29 is 19.4 Å². The van der Waals surface area contributed by atoms with Crippen LogP contribution >= 0.6 is 0 Å². The first-order chi connectivity index (χ1) is 17.5. The van der Waals surface area contributed by atoms with E-state index < -0.39 is 10.8 Å². The summed E-state index contributed by atoms with van der Waals surface area (Å²) in [5, 5.41) is 14.6. The minimum Gasteiger partial charge on any atom is -0.523 e. The van der Waals surface area contributed by atoms with E-state index >= 15 is 0 Å². The topological polar surface area (TPSA) is 80.0 Å². The zero-order valence-electron chi connectivity index (χ0n) is 24.8. The highest BCUT2D eigenvalue weighted by molar-refractivity contribution is 5.80. The first-order valence-electron chi connectivity index (χ1n) is 14.7. The summed E-state index contributed by atoms with van der Waals surface area (Å²) in [7, 11) is 1.51. The molecule has 6 nitrogen and oxygen atoms in total. The number of amides is 1. The van der Waals surface area contributed by atoms with Gasteiger partial charge in [0.2, 0.25) is 11.6 Å². The Morgan fingerprint density at radius 3 is 2.29 bits per heavy atom. The lowest BCUT2D eigenvalue weighted by Crippen LogP contribution is -2.68. The van der Waals surface area contributed by atoms with Gasteiger partial charge in [0.05, 0.1) is 19.1 Å². The van der Waals surface area contributed by atoms with Crippen molar-refractivity contribution in [2.75, 3.05) is 7.11 Å². The van der Waals surface area contributed by atoms with Gasteiger partial charge in [0.1, 0.15) is 5.76 Å². The molecule has 0 spiro atoms. The molecular weight excluding hydrogens is 476 g/mol. The average molecular weight is 525 g/mol. The van der Waals surface area contributed by atoms with E-state index in [-0.39, 0.29) is 63.1 Å². The number of carbonyl (C=O) groups is 2. The van der Waals surface area contributed by atoms with Crippen molar-refractivity contribution >= 4 is 11.9 Å². The van der Waals surface area contributed by atoms with Crippen LogP contribution in [0.1, 0.15) is 106 Å². The fourth-order valence-corrected chi connectivity index (χ4v) is 10.9. The maximum absolute atomic E-state index is 13.9. The molecular formula is C32H48N2O4. The lowest BCUT2D eigenvalue weighted by Gasteiger charge is -2.68. The van der Waals surface area contributed by atoms with Crippen LogP contribution in [0.4, 0.5) is 0 Å². The summed E-state index contributed by atoms with van der Waals surface area (Å²) in [5.74, 6) is 0.515. The Labute approximate surface area is 229 Å². The number of aliphatic hydroxyl groups is 1. The fraction of sp³-hybridized carbons (Fsp3) is 0.844. The second kappa shape index (κ2) is 8.24. The van der Waals surface area contributed by atoms with Crippen LogP contribution in [0.3, 0.4) is 0 Å². The number of carbonyl (C=O) groups excluding carboxylic acids is 2. The molecule has 0 aromatic carbocycles. The number of nitrogens with zero attached hydrogens (tertiary/aromatic N) is 1. The SMILES string of the molecule is [C-]#[N+]C1=C(O)C(C)(C)[C@@H]2CC[C@]3(C)[C@H](CC(=O)N[C@@H]4[C@@H]5CC(C)(C)CCC5(C(=O)OC)CC[C@]43C)[C@@]2(C)C1. The van der Waals surface area contributed by atoms with Crippen molar-refractivity contribution in [1.29, 1.82) is 0 Å². The molecule has 1 saturated heterocycles. The number of fused-ring (bicyclic) bond motifs is 7. The molecule has 2 N–H and O–H groups in total. The average Bonchev–Trinajstić information content (AvgIpc) is 2.93. The second-order valence-corrected chi connectivity index (χ2v) is 15.7. The Morgan fingerprint density at radius 1 is 1.00 bits per heavy atom. The smallest absolute Gasteiger partial charge is 0.312 e. The van der Waals surface area contributed by atoms with Gasteiger partial charge in [-0.1, -0.05) is 48.5 Å². The molecule has 1 unspecified atom stereocenters. The van der Waals surface area contributed by atoms with Crippen molar-refractivity contribution in [2.45, 2.75) is 112 Å². The molecule has 4 fully saturated rings. The van der Waals surface area contributed by atoms with E-state index in [1.165, 1.54) is 7.11 Å². The minimum atomic E-state index is -0.544. The Bertz CT molecular complexity index is 1130. The maximum atomic E-state index is 13.9. The van der Waals surface area contributed by atoms with Crippen LogP contribution in [0, 0.1) is 56.8 Å². The van der Waals surface area contributed by atoms with E-state index in [1.54, 1.807) is 0 Å². The zero-order chi connectivity index (χ0) is 28.1. The minimum absolute atomic E-state index is 0.0352. The number of nitrogens with one attached hydrogen (secondary N) is 1. The van der Waals surface area contributed by atoms with E-state index in [0.29, 0.717) is 18.5 Å². The number of hydrogen-bond acceptors (Lipinski definition) is 4. The summed E-state index contributed by atoms with van der Waals surface area (Å²) in [4.78, 5) is 31.2. The number of aliphatic hydroxyl groups excluding tert-OH is 1. The molecule has 4 aliphatic carbocycles. The van der Waals surface area contributed by atoms with Gasteiger partial charge in [0.15, 0.2) is 0 Å². The monoisotopic (exact) mass is 524 g/mol. The van der Waals surface area contributed by atoms with E-state index in [4.69, 9.17) is 11.3 Å². The zero-order valence-corrected chi connectivity index (χ0v) is 24.8. The van der Waals surface area contributed by atoms with E-state index in [9.17, 15) is 14.7 Å². The Kier molecular flexibility index (Phi) is 5.97. The number of methoxy groups -OCH3 is 1. The first kappa shape index (κ1) is 27.5. The van der Waals surface area contributed by atoms with Gasteiger partial charge in [-0.2, -0.15) is 0 Å². The van der Waals surface area contributed by atoms with E-state index in [0.717, 1.165) is 44.9 Å². The molecule has 0 radical (unpaired) electrons. The van der Waals surface area contributed by atoms with Crippen LogP contribution in [0.5, 0.6) is 0 Å². The van der Waals surface area contributed by atoms with Crippen LogP contribution in [-0.4, -0.2) is 30.1 Å². The molecule has 5 aliphatic rings. The predicted molar refractivity (Wildman–Crippen MR) is 147 cm³/mol. The highest BCUT2D eigenvalue weighted by atomic mass is 16.5. The van der Waals surface area contributed by atoms with Crippen molar-refractivity contribution in [3.8, 4) is 0 Å². The van der Waals surface area contributed by atoms with E-state index in [1.807, 2.05) is 0 Å². The Balaban J connectivity index is 1.65. The number of allylic oxidation sites excluding steroid dienone is 2. The van der Waals surface area contributed by atoms with Gasteiger partial charge in [-0.3, -0.25) is 9.59 Å². The van der Waals surface area contributed by atoms with Crippen LogP contribution in [0.15, 0.2) is 11.5 Å². The normalized spacial score (nSPS) is 47.2. The standard InChI is InChI=1S/C32H48N2O4/c1-27(2)12-14-32(26(37)38-9)15-13-31(7)24(19(32)17-27)34-23(35)16-22-29(5)18-20(33-8)25(36)28(3,4)21(29)10-11-30(22,31)6/h19,21-22,24,36H,10-18H2,1-7,9H3,(H,34,35)/t19-,21-,22+,24+,29-,30+,31+,32?/m0/s1. The van der Waals surface area contributed by atoms with Crippen LogP contribution < -0.4 is 5.32 Å². The number of ether oxygens (including phenoxy) is 1. The van der Waals surface area contributed by atoms with Gasteiger partial charge in [0.25, 0.3) is 0 Å². The van der Waals surface area contributed by atoms with Gasteiger partial charge in [-0.15, -0.1) is 0 Å². The third kappa shape index (κ3) is 3.35. The van der Waals surface area contributed by atoms with Gasteiger partial charge in [-0.05, 0) is 90.8 Å². The van der Waals surface area contributed by atoms with Crippen molar-refractivity contribution in [1.82, 2.24) is 5.32 Å². The predicted octanol–water partition coefficient (Wildman–Crippen LogP) is 6.82. The summed E-state index contributed by atoms with van der Waals surface area (Å²) in [6.45, 7) is 23.7. The molecule has 1 heterocycles. The van der Waals surface area contributed by atoms with Crippen LogP contribution in [0.25, 0.3) is 4.85 Å². The Hall–Kier alpha value is -2.03. The summed E-state index contributed by atoms with van der Waals surface area (Å²) in [5.41, 5.74) is -1.11. The van der Waals surface area contributed by atoms with Crippen molar-refractivity contribution in [3.63, 3.8) is 0 Å². The summed E-state index contributed by atoms with van der Waals surface area (Å²) in [6, 6.07) is -0.0987. The second-order valence-electron chi connectivity index (χ2n) is 15.7. The van der Waals surface area contributed by atoms with Gasteiger partial charge in [0, 0.05) is 17.9 Å². The molecule has 5 rings (SSSR count). The summed E-state index contributed by atoms with van der Waals surface area (Å²) < 4.78 is 5.46. The molecule has 38 heavy (non-hydrogen) atoms. The molecule has 1 amide bonds.